The minimum atomic E-state index is -0.961. The summed E-state index contributed by atoms with van der Waals surface area (Å²) in [5.41, 5.74) is 4.93. The van der Waals surface area contributed by atoms with Crippen molar-refractivity contribution in [2.24, 2.45) is 0 Å². The number of hydrogen-bond acceptors (Lipinski definition) is 3. The lowest BCUT2D eigenvalue weighted by atomic mass is 9.81. The van der Waals surface area contributed by atoms with Crippen LogP contribution in [-0.4, -0.2) is 27.9 Å². The van der Waals surface area contributed by atoms with Gasteiger partial charge in [-0.2, -0.15) is 0 Å². The van der Waals surface area contributed by atoms with Gasteiger partial charge in [0.15, 0.2) is 0 Å². The van der Waals surface area contributed by atoms with Crippen LogP contribution in [0, 0.1) is 12.3 Å². The van der Waals surface area contributed by atoms with Crippen molar-refractivity contribution in [3.63, 3.8) is 0 Å². The van der Waals surface area contributed by atoms with E-state index in [2.05, 4.69) is 5.92 Å². The summed E-state index contributed by atoms with van der Waals surface area (Å²) in [4.78, 5) is 11.7. The number of methoxy groups -OCH3 is 1. The molecule has 0 saturated heterocycles. The van der Waals surface area contributed by atoms with Gasteiger partial charge in [-0.3, -0.25) is 0 Å². The van der Waals surface area contributed by atoms with Crippen LogP contribution in [0.15, 0.2) is 36.4 Å². The third-order valence-corrected chi connectivity index (χ3v) is 6.35. The van der Waals surface area contributed by atoms with Gasteiger partial charge in [-0.05, 0) is 60.2 Å². The number of aliphatic hydroxyl groups excluding tert-OH is 1. The highest BCUT2D eigenvalue weighted by molar-refractivity contribution is 5.98. The fourth-order valence-electron chi connectivity index (χ4n) is 4.92. The quantitative estimate of drug-likeness (QED) is 0.542. The Morgan fingerprint density at radius 1 is 1.19 bits per heavy atom. The van der Waals surface area contributed by atoms with Gasteiger partial charge in [0.25, 0.3) is 0 Å². The molecule has 4 rings (SSSR count). The number of nitrogens with zero attached hydrogens (tertiary/aromatic N) is 1. The van der Waals surface area contributed by atoms with Gasteiger partial charge in [0, 0.05) is 10.9 Å². The average Bonchev–Trinajstić information content (AvgIpc) is 3.12. The summed E-state index contributed by atoms with van der Waals surface area (Å²) in [6.45, 7) is 0.188. The first-order valence-electron chi connectivity index (χ1n) is 10.7. The molecule has 2 N–H and O–H groups in total. The van der Waals surface area contributed by atoms with E-state index >= 15 is 0 Å². The molecule has 0 unspecified atom stereocenters. The summed E-state index contributed by atoms with van der Waals surface area (Å²) in [6, 6.07) is 11.0. The van der Waals surface area contributed by atoms with Crippen molar-refractivity contribution in [2.45, 2.75) is 51.2 Å². The number of carboxylic acids is 1. The maximum atomic E-state index is 11.7. The van der Waals surface area contributed by atoms with Gasteiger partial charge < -0.3 is 19.5 Å². The van der Waals surface area contributed by atoms with Gasteiger partial charge in [-0.1, -0.05) is 31.2 Å². The van der Waals surface area contributed by atoms with Crippen molar-refractivity contribution in [1.82, 2.24) is 4.57 Å². The number of terminal acetylenes is 1. The zero-order chi connectivity index (χ0) is 22.0. The number of carboxylic acid groups (broad SMARTS) is 1. The first kappa shape index (κ1) is 21.0. The van der Waals surface area contributed by atoms with E-state index in [9.17, 15) is 15.0 Å². The number of fused-ring (bicyclic) bond motifs is 1. The summed E-state index contributed by atoms with van der Waals surface area (Å²) in [6.07, 6.45) is 11.5. The molecule has 31 heavy (non-hydrogen) atoms. The van der Waals surface area contributed by atoms with E-state index in [4.69, 9.17) is 11.2 Å². The van der Waals surface area contributed by atoms with Crippen LogP contribution in [0.5, 0.6) is 5.75 Å². The van der Waals surface area contributed by atoms with Crippen LogP contribution in [0.3, 0.4) is 0 Å². The average molecular weight is 418 g/mol. The molecule has 0 atom stereocenters. The summed E-state index contributed by atoms with van der Waals surface area (Å²) in [5.74, 6) is 2.83. The second kappa shape index (κ2) is 8.87. The topological polar surface area (TPSA) is 71.7 Å². The third kappa shape index (κ3) is 3.80. The Bertz CT molecular complexity index is 1160. The Hall–Kier alpha value is -3.23. The number of aromatic nitrogens is 1. The molecule has 1 saturated carbocycles. The molecule has 1 heterocycles. The molecule has 5 nitrogen and oxygen atoms in total. The molecule has 1 fully saturated rings. The lowest BCUT2D eigenvalue weighted by Crippen LogP contribution is -2.08. The van der Waals surface area contributed by atoms with Crippen molar-refractivity contribution in [2.75, 3.05) is 7.11 Å². The van der Waals surface area contributed by atoms with E-state index in [0.717, 1.165) is 40.6 Å². The summed E-state index contributed by atoms with van der Waals surface area (Å²) < 4.78 is 7.39. The molecule has 0 bridgehead atoms. The van der Waals surface area contributed by atoms with Crippen molar-refractivity contribution in [1.29, 1.82) is 0 Å². The Labute approximate surface area is 182 Å². The lowest BCUT2D eigenvalue weighted by Gasteiger charge is -2.24. The van der Waals surface area contributed by atoms with Gasteiger partial charge in [-0.15, -0.1) is 6.42 Å². The molecular formula is C26H27NO4. The molecule has 0 aliphatic heterocycles. The Morgan fingerprint density at radius 3 is 2.61 bits per heavy atom. The normalized spacial score (nSPS) is 14.5. The predicted octanol–water partition coefficient (Wildman–Crippen LogP) is 5.19. The van der Waals surface area contributed by atoms with E-state index in [1.807, 2.05) is 28.8 Å². The highest BCUT2D eigenvalue weighted by Gasteiger charge is 2.28. The van der Waals surface area contributed by atoms with Gasteiger partial charge in [0.1, 0.15) is 5.75 Å². The van der Waals surface area contributed by atoms with Gasteiger partial charge in [0.2, 0.25) is 0 Å². The second-order valence-corrected chi connectivity index (χ2v) is 8.11. The van der Waals surface area contributed by atoms with Gasteiger partial charge in [-0.25, -0.2) is 4.79 Å². The van der Waals surface area contributed by atoms with Gasteiger partial charge >= 0.3 is 5.97 Å². The standard InChI is InChI=1S/C26H27NO4/c1-3-13-27-23-15-18(26(29)30)9-11-22(23)24(17-7-5-4-6-8-17)25(27)21-12-10-20(31-2)14-19(21)16-28/h1,9-12,14-15,17,28H,4-8,13,16H2,2H3,(H,29,30). The van der Waals surface area contributed by atoms with Crippen LogP contribution in [0.25, 0.3) is 22.2 Å². The number of benzene rings is 2. The fourth-order valence-corrected chi connectivity index (χ4v) is 4.92. The number of ether oxygens (including phenoxy) is 1. The highest BCUT2D eigenvalue weighted by atomic mass is 16.5. The Balaban J connectivity index is 2.07. The SMILES string of the molecule is C#CCn1c(-c2ccc(OC)cc2CO)c(C2CCCCC2)c2ccc(C(=O)O)cc21. The molecule has 160 valence electrons. The molecule has 0 radical (unpaired) electrons. The van der Waals surface area contributed by atoms with Crippen LogP contribution in [0.4, 0.5) is 0 Å². The monoisotopic (exact) mass is 417 g/mol. The lowest BCUT2D eigenvalue weighted by molar-refractivity contribution is 0.0697. The van der Waals surface area contributed by atoms with E-state index in [0.29, 0.717) is 18.2 Å². The van der Waals surface area contributed by atoms with E-state index in [-0.39, 0.29) is 12.2 Å². The van der Waals surface area contributed by atoms with E-state index < -0.39 is 5.97 Å². The molecular weight excluding hydrogens is 390 g/mol. The zero-order valence-corrected chi connectivity index (χ0v) is 17.7. The Morgan fingerprint density at radius 2 is 1.97 bits per heavy atom. The fraction of sp³-hybridized carbons (Fsp3) is 0.346. The minimum absolute atomic E-state index is 0.130. The molecule has 5 heteroatoms. The molecule has 1 aliphatic carbocycles. The summed E-state index contributed by atoms with van der Waals surface area (Å²) in [7, 11) is 1.60. The number of hydrogen-bond donors (Lipinski definition) is 2. The molecule has 2 aromatic carbocycles. The molecule has 0 amide bonds. The number of carbonyl (C=O) groups is 1. The predicted molar refractivity (Wildman–Crippen MR) is 121 cm³/mol. The van der Waals surface area contributed by atoms with Gasteiger partial charge in [0.05, 0.1) is 37.0 Å². The van der Waals surface area contributed by atoms with Crippen LogP contribution in [0.1, 0.15) is 59.5 Å². The zero-order valence-electron chi connectivity index (χ0n) is 17.7. The molecule has 0 spiro atoms. The van der Waals surface area contributed by atoms with E-state index in [1.54, 1.807) is 19.2 Å². The third-order valence-electron chi connectivity index (χ3n) is 6.35. The number of aromatic carboxylic acids is 1. The van der Waals surface area contributed by atoms with Crippen LogP contribution >= 0.6 is 0 Å². The summed E-state index contributed by atoms with van der Waals surface area (Å²) in [5, 5.41) is 20.7. The van der Waals surface area contributed by atoms with E-state index in [1.165, 1.54) is 24.8 Å². The first-order chi connectivity index (χ1) is 15.1. The number of rotatable bonds is 6. The minimum Gasteiger partial charge on any atom is -0.497 e. The largest absolute Gasteiger partial charge is 0.497 e. The van der Waals surface area contributed by atoms with Crippen LogP contribution in [-0.2, 0) is 13.2 Å². The first-order valence-corrected chi connectivity index (χ1v) is 10.7. The summed E-state index contributed by atoms with van der Waals surface area (Å²) >= 11 is 0. The number of aliphatic hydroxyl groups is 1. The van der Waals surface area contributed by atoms with Crippen molar-refractivity contribution < 1.29 is 19.7 Å². The highest BCUT2D eigenvalue weighted by Crippen LogP contribution is 2.45. The second-order valence-electron chi connectivity index (χ2n) is 8.11. The van der Waals surface area contributed by atoms with Crippen LogP contribution in [0.2, 0.25) is 0 Å². The molecule has 3 aromatic rings. The van der Waals surface area contributed by atoms with Crippen molar-refractivity contribution >= 4 is 16.9 Å². The maximum absolute atomic E-state index is 11.7. The molecule has 1 aromatic heterocycles. The smallest absolute Gasteiger partial charge is 0.335 e. The van der Waals surface area contributed by atoms with Crippen molar-refractivity contribution in [3.8, 4) is 29.4 Å². The maximum Gasteiger partial charge on any atom is 0.335 e. The van der Waals surface area contributed by atoms with Crippen molar-refractivity contribution in [3.05, 3.63) is 53.1 Å². The molecule has 1 aliphatic rings. The van der Waals surface area contributed by atoms with Crippen LogP contribution < -0.4 is 4.74 Å². The Kier molecular flexibility index (Phi) is 6.01.